The molecule has 3 heteroatoms. The van der Waals surface area contributed by atoms with Crippen LogP contribution in [0, 0.1) is 17.6 Å². The molecule has 1 nitrogen and oxygen atoms in total. The van der Waals surface area contributed by atoms with Crippen LogP contribution >= 0.6 is 0 Å². The van der Waals surface area contributed by atoms with Gasteiger partial charge >= 0.3 is 0 Å². The third-order valence-electron chi connectivity index (χ3n) is 3.50. The summed E-state index contributed by atoms with van der Waals surface area (Å²) in [6.45, 7) is 1.85. The molecular formula is C11H11F2N. The van der Waals surface area contributed by atoms with E-state index in [0.29, 0.717) is 5.92 Å². The van der Waals surface area contributed by atoms with Crippen LogP contribution in [0.15, 0.2) is 18.2 Å². The van der Waals surface area contributed by atoms with E-state index in [4.69, 9.17) is 0 Å². The van der Waals surface area contributed by atoms with Gasteiger partial charge in [-0.2, -0.15) is 0 Å². The lowest BCUT2D eigenvalue weighted by atomic mass is 9.95. The van der Waals surface area contributed by atoms with Crippen molar-refractivity contribution in [2.75, 3.05) is 13.1 Å². The van der Waals surface area contributed by atoms with Crippen molar-refractivity contribution in [3.8, 4) is 0 Å². The zero-order valence-corrected chi connectivity index (χ0v) is 7.69. The maximum atomic E-state index is 13.0. The number of benzene rings is 1. The maximum Gasteiger partial charge on any atom is 0.126 e. The number of nitrogens with one attached hydrogen (secondary N) is 1. The molecule has 0 spiro atoms. The van der Waals surface area contributed by atoms with Gasteiger partial charge in [-0.05, 0) is 36.6 Å². The van der Waals surface area contributed by atoms with Gasteiger partial charge in [0.1, 0.15) is 11.6 Å². The third kappa shape index (κ3) is 1.02. The molecule has 1 aromatic carbocycles. The van der Waals surface area contributed by atoms with Crippen LogP contribution in [0.25, 0.3) is 0 Å². The average Bonchev–Trinajstić information content (AvgIpc) is 2.69. The fourth-order valence-corrected chi connectivity index (χ4v) is 2.63. The van der Waals surface area contributed by atoms with E-state index < -0.39 is 11.6 Å². The number of hydrogen-bond donors (Lipinski definition) is 1. The summed E-state index contributed by atoms with van der Waals surface area (Å²) in [6, 6.07) is 3.87. The normalized spacial score (nSPS) is 34.3. The molecule has 1 saturated heterocycles. The van der Waals surface area contributed by atoms with E-state index in [1.54, 1.807) is 0 Å². The van der Waals surface area contributed by atoms with Crippen LogP contribution in [0.5, 0.6) is 0 Å². The first-order chi connectivity index (χ1) is 6.71. The van der Waals surface area contributed by atoms with Gasteiger partial charge in [0, 0.05) is 18.0 Å². The number of fused-ring (bicyclic) bond motifs is 1. The minimum Gasteiger partial charge on any atom is -0.316 e. The van der Waals surface area contributed by atoms with Gasteiger partial charge in [-0.25, -0.2) is 8.78 Å². The molecule has 0 unspecified atom stereocenters. The van der Waals surface area contributed by atoms with Crippen LogP contribution < -0.4 is 5.32 Å². The molecule has 0 bridgehead atoms. The number of rotatable bonds is 1. The van der Waals surface area contributed by atoms with E-state index >= 15 is 0 Å². The topological polar surface area (TPSA) is 12.0 Å². The van der Waals surface area contributed by atoms with Gasteiger partial charge in [-0.1, -0.05) is 0 Å². The molecule has 2 atom stereocenters. The lowest BCUT2D eigenvalue weighted by Gasteiger charge is -2.12. The molecule has 0 amide bonds. The first kappa shape index (κ1) is 8.36. The fraction of sp³-hybridized carbons (Fsp3) is 0.455. The van der Waals surface area contributed by atoms with E-state index in [0.717, 1.165) is 31.1 Å². The Bertz CT molecular complexity index is 371. The smallest absolute Gasteiger partial charge is 0.126 e. The molecule has 2 aliphatic rings. The molecule has 0 radical (unpaired) electrons. The molecule has 1 aliphatic carbocycles. The standard InChI is InChI=1S/C11H11F2N/c12-9-1-7(2-10(13)3-9)11-4-8(11)5-14-6-11/h1-3,8,14H,4-6H2/t8-,11+/m1/s1. The zero-order valence-electron chi connectivity index (χ0n) is 7.69. The molecule has 1 aliphatic heterocycles. The van der Waals surface area contributed by atoms with E-state index in [2.05, 4.69) is 5.32 Å². The molecule has 1 N–H and O–H groups in total. The van der Waals surface area contributed by atoms with Gasteiger partial charge in [0.25, 0.3) is 0 Å². The van der Waals surface area contributed by atoms with Crippen molar-refractivity contribution in [1.29, 1.82) is 0 Å². The fourth-order valence-electron chi connectivity index (χ4n) is 2.63. The Balaban J connectivity index is 2.04. The molecule has 1 heterocycles. The van der Waals surface area contributed by atoms with E-state index in [1.807, 2.05) is 0 Å². The summed E-state index contributed by atoms with van der Waals surface area (Å²) in [7, 11) is 0. The summed E-state index contributed by atoms with van der Waals surface area (Å²) in [4.78, 5) is 0. The predicted molar refractivity (Wildman–Crippen MR) is 49.0 cm³/mol. The van der Waals surface area contributed by atoms with Gasteiger partial charge < -0.3 is 5.32 Å². The number of halogens is 2. The highest BCUT2D eigenvalue weighted by molar-refractivity contribution is 5.37. The van der Waals surface area contributed by atoms with Gasteiger partial charge in [-0.15, -0.1) is 0 Å². The van der Waals surface area contributed by atoms with Crippen LogP contribution in [-0.2, 0) is 5.41 Å². The molecule has 3 rings (SSSR count). The van der Waals surface area contributed by atoms with E-state index in [1.165, 1.54) is 12.1 Å². The zero-order chi connectivity index (χ0) is 9.76. The van der Waals surface area contributed by atoms with Crippen molar-refractivity contribution in [3.05, 3.63) is 35.4 Å². The van der Waals surface area contributed by atoms with Crippen molar-refractivity contribution >= 4 is 0 Å². The third-order valence-corrected chi connectivity index (χ3v) is 3.50. The van der Waals surface area contributed by atoms with Gasteiger partial charge in [0.05, 0.1) is 0 Å². The van der Waals surface area contributed by atoms with Gasteiger partial charge in [-0.3, -0.25) is 0 Å². The van der Waals surface area contributed by atoms with Crippen LogP contribution in [0.3, 0.4) is 0 Å². The second-order valence-corrected chi connectivity index (χ2v) is 4.35. The maximum absolute atomic E-state index is 13.0. The van der Waals surface area contributed by atoms with Crippen LogP contribution in [0.2, 0.25) is 0 Å². The first-order valence-electron chi connectivity index (χ1n) is 4.88. The number of hydrogen-bond acceptors (Lipinski definition) is 1. The molecule has 74 valence electrons. The first-order valence-corrected chi connectivity index (χ1v) is 4.88. The minimum absolute atomic E-state index is 0.0446. The summed E-state index contributed by atoms with van der Waals surface area (Å²) in [5.74, 6) is -0.345. The van der Waals surface area contributed by atoms with Crippen LogP contribution in [0.1, 0.15) is 12.0 Å². The minimum atomic E-state index is -0.466. The van der Waals surface area contributed by atoms with E-state index in [-0.39, 0.29) is 5.41 Å². The quantitative estimate of drug-likeness (QED) is 0.720. The number of piperidine rings is 1. The second kappa shape index (κ2) is 2.54. The monoisotopic (exact) mass is 195 g/mol. The van der Waals surface area contributed by atoms with Crippen LogP contribution in [-0.4, -0.2) is 13.1 Å². The molecule has 0 aromatic heterocycles. The second-order valence-electron chi connectivity index (χ2n) is 4.35. The summed E-state index contributed by atoms with van der Waals surface area (Å²) >= 11 is 0. The van der Waals surface area contributed by atoms with Crippen molar-refractivity contribution < 1.29 is 8.78 Å². The van der Waals surface area contributed by atoms with Gasteiger partial charge in [0.15, 0.2) is 0 Å². The van der Waals surface area contributed by atoms with Gasteiger partial charge in [0.2, 0.25) is 0 Å². The molecule has 1 saturated carbocycles. The van der Waals surface area contributed by atoms with Crippen LogP contribution in [0.4, 0.5) is 8.78 Å². The molecule has 2 fully saturated rings. The molecule has 1 aromatic rings. The van der Waals surface area contributed by atoms with Crippen molar-refractivity contribution in [3.63, 3.8) is 0 Å². The largest absolute Gasteiger partial charge is 0.316 e. The van der Waals surface area contributed by atoms with Crippen molar-refractivity contribution in [2.45, 2.75) is 11.8 Å². The molecular weight excluding hydrogens is 184 g/mol. The summed E-state index contributed by atoms with van der Waals surface area (Å²) in [6.07, 6.45) is 1.07. The summed E-state index contributed by atoms with van der Waals surface area (Å²) in [5, 5.41) is 3.26. The van der Waals surface area contributed by atoms with E-state index in [9.17, 15) is 8.78 Å². The Morgan fingerprint density at radius 2 is 1.93 bits per heavy atom. The Morgan fingerprint density at radius 3 is 2.43 bits per heavy atom. The lowest BCUT2D eigenvalue weighted by molar-refractivity contribution is 0.569. The Labute approximate surface area is 81.1 Å². The molecule has 14 heavy (non-hydrogen) atoms. The SMILES string of the molecule is Fc1cc(F)cc([C@]23CNC[C@H]2C3)c1. The Hall–Kier alpha value is -0.960. The lowest BCUT2D eigenvalue weighted by Crippen LogP contribution is -2.19. The highest BCUT2D eigenvalue weighted by Gasteiger charge is 2.58. The van der Waals surface area contributed by atoms with Crippen molar-refractivity contribution in [2.24, 2.45) is 5.92 Å². The predicted octanol–water partition coefficient (Wildman–Crippen LogP) is 1.83. The summed E-state index contributed by atoms with van der Waals surface area (Å²) in [5.41, 5.74) is 0.869. The average molecular weight is 195 g/mol. The Morgan fingerprint density at radius 1 is 1.21 bits per heavy atom. The Kier molecular flexibility index (Phi) is 1.52. The summed E-state index contributed by atoms with van der Waals surface area (Å²) < 4.78 is 26.0. The highest BCUT2D eigenvalue weighted by atomic mass is 19.1. The van der Waals surface area contributed by atoms with Crippen molar-refractivity contribution in [1.82, 2.24) is 5.32 Å². The highest BCUT2D eigenvalue weighted by Crippen LogP contribution is 2.56.